The van der Waals surface area contributed by atoms with Gasteiger partial charge in [-0.15, -0.1) is 0 Å². The number of likely N-dealkylation sites (tertiary alicyclic amines) is 1. The highest BCUT2D eigenvalue weighted by Gasteiger charge is 2.34. The predicted molar refractivity (Wildman–Crippen MR) is 85.8 cm³/mol. The second-order valence-electron chi connectivity index (χ2n) is 5.79. The molecule has 0 aliphatic carbocycles. The van der Waals surface area contributed by atoms with Gasteiger partial charge in [0, 0.05) is 44.6 Å². The summed E-state index contributed by atoms with van der Waals surface area (Å²) in [5.41, 5.74) is 2.06. The number of nitrogens with zero attached hydrogens (tertiary/aromatic N) is 6. The van der Waals surface area contributed by atoms with Crippen LogP contribution in [0.4, 0.5) is 0 Å². The molecule has 8 nitrogen and oxygen atoms in total. The van der Waals surface area contributed by atoms with Gasteiger partial charge in [0.25, 0.3) is 5.91 Å². The maximum Gasteiger partial charge on any atom is 0.257 e. The van der Waals surface area contributed by atoms with E-state index in [9.17, 15) is 4.79 Å². The summed E-state index contributed by atoms with van der Waals surface area (Å²) in [6.07, 6.45) is 11.9. The zero-order chi connectivity index (χ0) is 16.5. The number of carbonyl (C=O) groups excluding carboxylic acids is 1. The summed E-state index contributed by atoms with van der Waals surface area (Å²) in [7, 11) is 1.80. The molecule has 4 rings (SSSR count). The van der Waals surface area contributed by atoms with Crippen molar-refractivity contribution in [3.05, 3.63) is 48.4 Å². The largest absolute Gasteiger partial charge is 0.343 e. The molecule has 122 valence electrons. The second-order valence-corrected chi connectivity index (χ2v) is 5.79. The predicted octanol–water partition coefficient (Wildman–Crippen LogP) is 1.58. The first-order chi connectivity index (χ1) is 11.7. The molecule has 1 fully saturated rings. The Bertz CT molecular complexity index is 855. The fourth-order valence-electron chi connectivity index (χ4n) is 3.16. The van der Waals surface area contributed by atoms with Gasteiger partial charge in [-0.25, -0.2) is 9.97 Å². The summed E-state index contributed by atoms with van der Waals surface area (Å²) >= 11 is 0. The van der Waals surface area contributed by atoms with Crippen LogP contribution in [0.15, 0.2) is 37.2 Å². The number of carbonyl (C=O) groups is 1. The van der Waals surface area contributed by atoms with Gasteiger partial charge in [-0.2, -0.15) is 5.10 Å². The minimum Gasteiger partial charge on any atom is -0.343 e. The van der Waals surface area contributed by atoms with E-state index in [2.05, 4.69) is 25.0 Å². The molecule has 0 radical (unpaired) electrons. The van der Waals surface area contributed by atoms with Crippen molar-refractivity contribution < 1.29 is 4.79 Å². The van der Waals surface area contributed by atoms with E-state index in [1.807, 2.05) is 4.90 Å². The topological polar surface area (TPSA) is 92.6 Å². The molecule has 1 aliphatic heterocycles. The number of imidazole rings is 1. The Kier molecular flexibility index (Phi) is 3.56. The second kappa shape index (κ2) is 5.88. The first-order valence-electron chi connectivity index (χ1n) is 7.84. The third kappa shape index (κ3) is 2.45. The number of aromatic amines is 1. The lowest BCUT2D eigenvalue weighted by Gasteiger charge is -2.24. The minimum absolute atomic E-state index is 0.0263. The molecule has 1 amide bonds. The third-order valence-corrected chi connectivity index (χ3v) is 4.23. The average molecular weight is 323 g/mol. The summed E-state index contributed by atoms with van der Waals surface area (Å²) in [6, 6.07) is -0.105. The van der Waals surface area contributed by atoms with E-state index in [1.54, 1.807) is 48.9 Å². The lowest BCUT2D eigenvalue weighted by Crippen LogP contribution is -2.31. The summed E-state index contributed by atoms with van der Waals surface area (Å²) in [5, 5.41) is 4.09. The van der Waals surface area contributed by atoms with Crippen molar-refractivity contribution in [3.8, 4) is 11.5 Å². The zero-order valence-electron chi connectivity index (χ0n) is 13.3. The van der Waals surface area contributed by atoms with Crippen LogP contribution in [0.3, 0.4) is 0 Å². The smallest absolute Gasteiger partial charge is 0.257 e. The normalized spacial score (nSPS) is 17.4. The van der Waals surface area contributed by atoms with Crippen LogP contribution < -0.4 is 0 Å². The fraction of sp³-hybridized carbons (Fsp3) is 0.312. The average Bonchev–Trinajstić information content (AvgIpc) is 3.35. The number of amides is 1. The van der Waals surface area contributed by atoms with Gasteiger partial charge in [0.15, 0.2) is 5.82 Å². The van der Waals surface area contributed by atoms with Gasteiger partial charge in [-0.3, -0.25) is 14.5 Å². The molecule has 8 heteroatoms. The minimum atomic E-state index is -0.105. The maximum absolute atomic E-state index is 12.8. The number of rotatable bonds is 3. The highest BCUT2D eigenvalue weighted by atomic mass is 16.2. The van der Waals surface area contributed by atoms with Crippen LogP contribution in [-0.4, -0.2) is 47.1 Å². The quantitative estimate of drug-likeness (QED) is 0.790. The Morgan fingerprint density at radius 3 is 2.88 bits per heavy atom. The van der Waals surface area contributed by atoms with Crippen molar-refractivity contribution in [3.63, 3.8) is 0 Å². The lowest BCUT2D eigenvalue weighted by atomic mass is 10.1. The van der Waals surface area contributed by atoms with Crippen molar-refractivity contribution in [2.45, 2.75) is 18.9 Å². The van der Waals surface area contributed by atoms with Crippen LogP contribution in [0.5, 0.6) is 0 Å². The van der Waals surface area contributed by atoms with Crippen LogP contribution in [-0.2, 0) is 7.05 Å². The summed E-state index contributed by atoms with van der Waals surface area (Å²) in [6.45, 7) is 0.701. The van der Waals surface area contributed by atoms with Crippen LogP contribution in [0.1, 0.15) is 34.9 Å². The number of hydrogen-bond acceptors (Lipinski definition) is 5. The van der Waals surface area contributed by atoms with Gasteiger partial charge in [-0.05, 0) is 12.8 Å². The van der Waals surface area contributed by atoms with Crippen LogP contribution in [0, 0.1) is 0 Å². The van der Waals surface area contributed by atoms with Gasteiger partial charge in [0.1, 0.15) is 5.69 Å². The molecular weight excluding hydrogens is 306 g/mol. The Labute approximate surface area is 138 Å². The first kappa shape index (κ1) is 14.6. The molecule has 1 saturated heterocycles. The van der Waals surface area contributed by atoms with E-state index in [0.717, 1.165) is 18.5 Å². The summed E-state index contributed by atoms with van der Waals surface area (Å²) in [4.78, 5) is 31.0. The van der Waals surface area contributed by atoms with E-state index < -0.39 is 0 Å². The number of nitrogens with one attached hydrogen (secondary N) is 1. The van der Waals surface area contributed by atoms with E-state index in [0.29, 0.717) is 23.6 Å². The third-order valence-electron chi connectivity index (χ3n) is 4.23. The molecule has 1 N–H and O–H groups in total. The van der Waals surface area contributed by atoms with Crippen molar-refractivity contribution in [1.29, 1.82) is 0 Å². The SMILES string of the molecule is Cn1cc(C(=O)N2CCC[C@H]2c2nccnc2-c2ncc[nH]2)cn1. The standard InChI is InChI=1S/C16H17N7O/c1-22-10-11(9-21-22)16(24)23-8-2-3-12(23)13-14(18-5-4-17-13)15-19-6-7-20-15/h4-7,9-10,12H,2-3,8H2,1H3,(H,19,20)/t12-/m0/s1. The Morgan fingerprint density at radius 1 is 1.25 bits per heavy atom. The van der Waals surface area contributed by atoms with Gasteiger partial charge in [-0.1, -0.05) is 0 Å². The molecule has 0 spiro atoms. The molecular formula is C16H17N7O. The molecule has 24 heavy (non-hydrogen) atoms. The van der Waals surface area contributed by atoms with Gasteiger partial charge in [0.2, 0.25) is 0 Å². The Morgan fingerprint density at radius 2 is 2.12 bits per heavy atom. The highest BCUT2D eigenvalue weighted by molar-refractivity contribution is 5.94. The lowest BCUT2D eigenvalue weighted by molar-refractivity contribution is 0.0733. The first-order valence-corrected chi connectivity index (χ1v) is 7.84. The number of hydrogen-bond donors (Lipinski definition) is 1. The van der Waals surface area contributed by atoms with Crippen molar-refractivity contribution in [2.75, 3.05) is 6.54 Å². The van der Waals surface area contributed by atoms with Crippen molar-refractivity contribution in [1.82, 2.24) is 34.6 Å². The molecule has 0 unspecified atom stereocenters. The molecule has 0 bridgehead atoms. The maximum atomic E-state index is 12.8. The number of aromatic nitrogens is 6. The summed E-state index contributed by atoms with van der Waals surface area (Å²) < 4.78 is 1.63. The van der Waals surface area contributed by atoms with E-state index in [-0.39, 0.29) is 11.9 Å². The Hall–Kier alpha value is -3.03. The van der Waals surface area contributed by atoms with E-state index in [1.165, 1.54) is 0 Å². The Balaban J connectivity index is 1.70. The summed E-state index contributed by atoms with van der Waals surface area (Å²) in [5.74, 6) is 0.639. The van der Waals surface area contributed by atoms with Crippen molar-refractivity contribution >= 4 is 5.91 Å². The van der Waals surface area contributed by atoms with Crippen LogP contribution in [0.2, 0.25) is 0 Å². The van der Waals surface area contributed by atoms with Gasteiger partial charge in [0.05, 0.1) is 23.5 Å². The molecule has 3 aromatic heterocycles. The van der Waals surface area contributed by atoms with E-state index in [4.69, 9.17) is 0 Å². The molecule has 0 aromatic carbocycles. The monoisotopic (exact) mass is 323 g/mol. The van der Waals surface area contributed by atoms with E-state index >= 15 is 0 Å². The molecule has 3 aromatic rings. The van der Waals surface area contributed by atoms with Gasteiger partial charge >= 0.3 is 0 Å². The zero-order valence-corrected chi connectivity index (χ0v) is 13.3. The fourth-order valence-corrected chi connectivity index (χ4v) is 3.16. The number of aryl methyl sites for hydroxylation is 1. The van der Waals surface area contributed by atoms with Crippen LogP contribution >= 0.6 is 0 Å². The molecule has 1 atom stereocenters. The molecule has 1 aliphatic rings. The molecule has 0 saturated carbocycles. The van der Waals surface area contributed by atoms with Gasteiger partial charge < -0.3 is 9.88 Å². The number of H-pyrrole nitrogens is 1. The molecule has 4 heterocycles. The van der Waals surface area contributed by atoms with Crippen molar-refractivity contribution in [2.24, 2.45) is 7.05 Å². The highest BCUT2D eigenvalue weighted by Crippen LogP contribution is 2.35. The van der Waals surface area contributed by atoms with Crippen LogP contribution in [0.25, 0.3) is 11.5 Å².